The van der Waals surface area contributed by atoms with E-state index in [1.54, 1.807) is 10.7 Å². The Morgan fingerprint density at radius 1 is 0.854 bits per heavy atom. The number of amides is 2. The van der Waals surface area contributed by atoms with Gasteiger partial charge in [-0.25, -0.2) is 17.9 Å². The highest BCUT2D eigenvalue weighted by molar-refractivity contribution is 7.89. The summed E-state index contributed by atoms with van der Waals surface area (Å²) in [5.74, 6) is 0.961. The summed E-state index contributed by atoms with van der Waals surface area (Å²) in [5, 5.41) is 12.6. The molecule has 2 aliphatic rings. The summed E-state index contributed by atoms with van der Waals surface area (Å²) in [6.07, 6.45) is 4.28. The molecule has 2 aliphatic heterocycles. The maximum Gasteiger partial charge on any atom is 0.324 e. The minimum absolute atomic E-state index is 0.00109. The van der Waals surface area contributed by atoms with Gasteiger partial charge in [0.05, 0.1) is 16.3 Å². The first-order chi connectivity index (χ1) is 23.0. The lowest BCUT2D eigenvalue weighted by atomic mass is 9.87. The number of nitrogens with one attached hydrogen (secondary N) is 2. The Hall–Kier alpha value is -4.47. The molecule has 1 aromatic heterocycles. The molecule has 2 unspecified atom stereocenters. The standard InChI is InChI=1S/C39H43N5O3S/c1-26-15-17-31(18-16-26)43-37(25-36(42-43)39(2,3)4)41-38(45)40-30-12-7-9-27(22-30)21-28-23-32-19-20-33(24-28)44(32)48(46,47)35-14-8-11-29-10-5-6-13-34(29)35/h5-18,22,25,28,32-33H,19-21,23-24H2,1-4H3,(H2,40,41,45). The molecule has 2 atom stereocenters. The van der Waals surface area contributed by atoms with Crippen molar-refractivity contribution in [3.63, 3.8) is 0 Å². The molecule has 5 aromatic rings. The Bertz CT molecular complexity index is 2060. The quantitative estimate of drug-likeness (QED) is 0.183. The first-order valence-electron chi connectivity index (χ1n) is 16.8. The van der Waals surface area contributed by atoms with Gasteiger partial charge < -0.3 is 5.32 Å². The average Bonchev–Trinajstić information content (AvgIpc) is 3.60. The summed E-state index contributed by atoms with van der Waals surface area (Å²) in [4.78, 5) is 13.7. The van der Waals surface area contributed by atoms with Crippen LogP contribution in [0.3, 0.4) is 0 Å². The number of carbonyl (C=O) groups excluding carboxylic acids is 1. The Balaban J connectivity index is 1.03. The molecule has 2 bridgehead atoms. The lowest BCUT2D eigenvalue weighted by molar-refractivity contribution is 0.190. The summed E-state index contributed by atoms with van der Waals surface area (Å²) in [6, 6.07) is 30.9. The van der Waals surface area contributed by atoms with Gasteiger partial charge in [0.25, 0.3) is 0 Å². The lowest BCUT2D eigenvalue weighted by Crippen LogP contribution is -2.46. The maximum atomic E-state index is 14.0. The summed E-state index contributed by atoms with van der Waals surface area (Å²) in [7, 11) is -3.62. The third-order valence-electron chi connectivity index (χ3n) is 9.78. The average molecular weight is 662 g/mol. The van der Waals surface area contributed by atoms with Crippen molar-refractivity contribution >= 4 is 38.3 Å². The number of hydrogen-bond donors (Lipinski definition) is 2. The number of anilines is 2. The Kier molecular flexibility index (Phi) is 8.37. The van der Waals surface area contributed by atoms with Crippen LogP contribution in [0.4, 0.5) is 16.3 Å². The summed E-state index contributed by atoms with van der Waals surface area (Å²) in [6.45, 7) is 8.34. The number of sulfonamides is 1. The zero-order valence-corrected chi connectivity index (χ0v) is 28.8. The van der Waals surface area contributed by atoms with Gasteiger partial charge in [0.15, 0.2) is 0 Å². The van der Waals surface area contributed by atoms with Crippen LogP contribution in [0.25, 0.3) is 16.5 Å². The van der Waals surface area contributed by atoms with Gasteiger partial charge >= 0.3 is 6.03 Å². The van der Waals surface area contributed by atoms with Crippen LogP contribution in [0.5, 0.6) is 0 Å². The van der Waals surface area contributed by atoms with E-state index < -0.39 is 10.0 Å². The molecule has 0 saturated carbocycles. The van der Waals surface area contributed by atoms with Crippen molar-refractivity contribution in [2.24, 2.45) is 5.92 Å². The Labute approximate surface area is 283 Å². The van der Waals surface area contributed by atoms with Gasteiger partial charge in [-0.05, 0) is 86.2 Å². The van der Waals surface area contributed by atoms with E-state index >= 15 is 0 Å². The molecule has 7 rings (SSSR count). The van der Waals surface area contributed by atoms with E-state index in [2.05, 4.69) is 37.5 Å². The second-order valence-corrected chi connectivity index (χ2v) is 16.2. The minimum atomic E-state index is -3.62. The number of carbonyl (C=O) groups is 1. The first kappa shape index (κ1) is 32.1. The molecule has 0 aliphatic carbocycles. The normalized spacial score (nSPS) is 19.8. The molecule has 2 saturated heterocycles. The van der Waals surface area contributed by atoms with Crippen molar-refractivity contribution < 1.29 is 13.2 Å². The minimum Gasteiger partial charge on any atom is -0.308 e. The molecular formula is C39H43N5O3S. The third-order valence-corrected chi connectivity index (χ3v) is 11.8. The summed E-state index contributed by atoms with van der Waals surface area (Å²) < 4.78 is 31.7. The fourth-order valence-electron chi connectivity index (χ4n) is 7.45. The largest absolute Gasteiger partial charge is 0.324 e. The van der Waals surface area contributed by atoms with E-state index in [4.69, 9.17) is 5.10 Å². The summed E-state index contributed by atoms with van der Waals surface area (Å²) >= 11 is 0. The molecule has 8 nitrogen and oxygen atoms in total. The molecule has 0 spiro atoms. The Morgan fingerprint density at radius 3 is 2.27 bits per heavy atom. The van der Waals surface area contributed by atoms with Gasteiger partial charge in [0, 0.05) is 34.6 Å². The molecule has 2 N–H and O–H groups in total. The van der Waals surface area contributed by atoms with Gasteiger partial charge in [-0.3, -0.25) is 5.32 Å². The summed E-state index contributed by atoms with van der Waals surface area (Å²) in [5.41, 5.74) is 4.55. The van der Waals surface area contributed by atoms with Crippen molar-refractivity contribution in [3.05, 3.63) is 114 Å². The van der Waals surface area contributed by atoms with Crippen LogP contribution in [0, 0.1) is 12.8 Å². The fraction of sp³-hybridized carbons (Fsp3) is 0.333. The lowest BCUT2D eigenvalue weighted by Gasteiger charge is -2.38. The predicted octanol–water partition coefficient (Wildman–Crippen LogP) is 8.45. The van der Waals surface area contributed by atoms with Gasteiger partial charge in [0.1, 0.15) is 5.82 Å². The zero-order chi connectivity index (χ0) is 33.6. The van der Waals surface area contributed by atoms with E-state index in [0.717, 1.165) is 65.4 Å². The highest BCUT2D eigenvalue weighted by Gasteiger charge is 2.47. The van der Waals surface area contributed by atoms with Crippen LogP contribution in [0.2, 0.25) is 0 Å². The van der Waals surface area contributed by atoms with Gasteiger partial charge in [0.2, 0.25) is 10.0 Å². The van der Waals surface area contributed by atoms with Crippen molar-refractivity contribution in [3.8, 4) is 5.69 Å². The molecule has 4 aromatic carbocycles. The fourth-order valence-corrected chi connectivity index (χ4v) is 9.56. The number of urea groups is 1. The van der Waals surface area contributed by atoms with Crippen molar-refractivity contribution in [1.82, 2.24) is 14.1 Å². The highest BCUT2D eigenvalue weighted by atomic mass is 32.2. The number of aryl methyl sites for hydroxylation is 1. The number of piperidine rings is 1. The Morgan fingerprint density at radius 2 is 1.54 bits per heavy atom. The number of hydrogen-bond acceptors (Lipinski definition) is 4. The van der Waals surface area contributed by atoms with Crippen LogP contribution >= 0.6 is 0 Å². The molecule has 2 amide bonds. The molecule has 248 valence electrons. The van der Waals surface area contributed by atoms with Crippen molar-refractivity contribution in [2.75, 3.05) is 10.6 Å². The van der Waals surface area contributed by atoms with Crippen LogP contribution < -0.4 is 10.6 Å². The maximum absolute atomic E-state index is 14.0. The van der Waals surface area contributed by atoms with E-state index in [1.807, 2.05) is 96.2 Å². The highest BCUT2D eigenvalue weighted by Crippen LogP contribution is 2.44. The SMILES string of the molecule is Cc1ccc(-n2nc(C(C)(C)C)cc2NC(=O)Nc2cccc(CC3CC4CCC(C3)N4S(=O)(=O)c3cccc4ccccc34)c2)cc1. The zero-order valence-electron chi connectivity index (χ0n) is 28.0. The van der Waals surface area contributed by atoms with Crippen LogP contribution in [-0.4, -0.2) is 40.6 Å². The second kappa shape index (κ2) is 12.5. The van der Waals surface area contributed by atoms with E-state index in [9.17, 15) is 13.2 Å². The molecular weight excluding hydrogens is 619 g/mol. The van der Waals surface area contributed by atoms with Crippen LogP contribution in [0.1, 0.15) is 63.3 Å². The van der Waals surface area contributed by atoms with Gasteiger partial charge in [-0.15, -0.1) is 0 Å². The third kappa shape index (κ3) is 6.36. The first-order valence-corrected chi connectivity index (χ1v) is 18.3. The number of aromatic nitrogens is 2. The van der Waals surface area contributed by atoms with E-state index in [1.165, 1.54) is 0 Å². The molecule has 0 radical (unpaired) electrons. The van der Waals surface area contributed by atoms with Gasteiger partial charge in [-0.2, -0.15) is 9.40 Å². The number of fused-ring (bicyclic) bond motifs is 3. The number of nitrogens with zero attached hydrogens (tertiary/aromatic N) is 3. The monoisotopic (exact) mass is 661 g/mol. The van der Waals surface area contributed by atoms with Crippen molar-refractivity contribution in [2.45, 2.75) is 82.2 Å². The van der Waals surface area contributed by atoms with Crippen LogP contribution in [0.15, 0.2) is 102 Å². The predicted molar refractivity (Wildman–Crippen MR) is 192 cm³/mol. The number of benzene rings is 4. The smallest absolute Gasteiger partial charge is 0.308 e. The van der Waals surface area contributed by atoms with E-state index in [0.29, 0.717) is 22.3 Å². The molecule has 2 fully saturated rings. The molecule has 3 heterocycles. The molecule has 48 heavy (non-hydrogen) atoms. The van der Waals surface area contributed by atoms with Crippen LogP contribution in [-0.2, 0) is 21.9 Å². The topological polar surface area (TPSA) is 96.3 Å². The number of rotatable bonds is 7. The molecule has 9 heteroatoms. The van der Waals surface area contributed by atoms with Gasteiger partial charge in [-0.1, -0.05) is 87.0 Å². The van der Waals surface area contributed by atoms with Crippen molar-refractivity contribution in [1.29, 1.82) is 0 Å². The van der Waals surface area contributed by atoms with E-state index in [-0.39, 0.29) is 23.5 Å². The second-order valence-electron chi connectivity index (χ2n) is 14.4.